The van der Waals surface area contributed by atoms with E-state index in [9.17, 15) is 18.0 Å². The first-order valence-electron chi connectivity index (χ1n) is 7.66. The van der Waals surface area contributed by atoms with Crippen LogP contribution in [0.15, 0.2) is 18.2 Å². The molecular weight excluding hydrogens is 368 g/mol. The fourth-order valence-corrected chi connectivity index (χ4v) is 3.83. The smallest absolute Gasteiger partial charge is 0.244 e. The van der Waals surface area contributed by atoms with E-state index < -0.39 is 21.2 Å². The zero-order chi connectivity index (χ0) is 18.8. The molecule has 1 heterocycles. The van der Waals surface area contributed by atoms with Crippen LogP contribution in [0.2, 0.25) is 5.02 Å². The van der Waals surface area contributed by atoms with Crippen molar-refractivity contribution in [2.45, 2.75) is 12.2 Å². The number of hydrogen-bond donors (Lipinski definition) is 2. The summed E-state index contributed by atoms with van der Waals surface area (Å²) in [5.41, 5.74) is 0.908. The topological polar surface area (TPSA) is 98.8 Å². The number of anilines is 2. The van der Waals surface area contributed by atoms with Crippen molar-refractivity contribution in [2.24, 2.45) is 0 Å². The number of nitrogens with zero attached hydrogens (tertiary/aromatic N) is 2. The van der Waals surface area contributed by atoms with Crippen molar-refractivity contribution in [1.82, 2.24) is 10.2 Å². The number of carbonyl (C=O) groups is 2. The molecule has 8 nitrogen and oxygen atoms in total. The zero-order valence-corrected chi connectivity index (χ0v) is 15.8. The fourth-order valence-electron chi connectivity index (χ4n) is 2.42. The average molecular weight is 389 g/mol. The van der Waals surface area contributed by atoms with E-state index in [1.807, 2.05) is 4.90 Å². The molecular formula is C15H21ClN4O4S. The van der Waals surface area contributed by atoms with Gasteiger partial charge in [-0.1, -0.05) is 11.6 Å². The maximum absolute atomic E-state index is 12.3. The largest absolute Gasteiger partial charge is 0.359 e. The van der Waals surface area contributed by atoms with Gasteiger partial charge in [0.15, 0.2) is 5.25 Å². The van der Waals surface area contributed by atoms with E-state index in [4.69, 9.17) is 11.6 Å². The number of halogens is 1. The molecule has 1 aromatic rings. The Kier molecular flexibility index (Phi) is 5.79. The van der Waals surface area contributed by atoms with Gasteiger partial charge in [-0.15, -0.1) is 0 Å². The minimum atomic E-state index is -3.90. The summed E-state index contributed by atoms with van der Waals surface area (Å²) in [6.07, 6.45) is 0. The first-order valence-corrected chi connectivity index (χ1v) is 9.58. The van der Waals surface area contributed by atoms with Gasteiger partial charge in [0, 0.05) is 27.2 Å². The average Bonchev–Trinajstić information content (AvgIpc) is 2.53. The molecule has 1 fully saturated rings. The number of benzene rings is 1. The molecule has 0 bridgehead atoms. The molecule has 1 saturated heterocycles. The molecule has 1 aliphatic rings. The normalized spacial score (nSPS) is 16.2. The molecule has 2 N–H and O–H groups in total. The molecule has 0 aromatic heterocycles. The van der Waals surface area contributed by atoms with Crippen molar-refractivity contribution in [2.75, 3.05) is 43.4 Å². The van der Waals surface area contributed by atoms with Crippen LogP contribution in [0.1, 0.15) is 6.92 Å². The van der Waals surface area contributed by atoms with Gasteiger partial charge in [0.2, 0.25) is 21.8 Å². The molecule has 10 heteroatoms. The van der Waals surface area contributed by atoms with Gasteiger partial charge in [-0.25, -0.2) is 8.42 Å². The summed E-state index contributed by atoms with van der Waals surface area (Å²) in [6, 6.07) is 4.67. The Hall–Kier alpha value is -2.00. The Morgan fingerprint density at radius 3 is 2.64 bits per heavy atom. The summed E-state index contributed by atoms with van der Waals surface area (Å²) in [4.78, 5) is 26.4. The number of carbonyl (C=O) groups excluding carboxylic acids is 2. The van der Waals surface area contributed by atoms with E-state index in [-0.39, 0.29) is 18.1 Å². The highest BCUT2D eigenvalue weighted by atomic mass is 35.5. The van der Waals surface area contributed by atoms with Crippen LogP contribution in [0.5, 0.6) is 0 Å². The lowest BCUT2D eigenvalue weighted by molar-refractivity contribution is -0.128. The molecule has 1 aliphatic heterocycles. The summed E-state index contributed by atoms with van der Waals surface area (Å²) < 4.78 is 27.0. The Morgan fingerprint density at radius 2 is 2.08 bits per heavy atom. The second-order valence-electron chi connectivity index (χ2n) is 5.96. The molecule has 0 aliphatic carbocycles. The standard InChI is InChI=1S/C15H21ClN4O4S/c1-10(15(22)19(2)3)25(23,24)18-11-4-5-13(12(16)8-11)20-7-6-17-14(21)9-20/h4-5,8,10,18H,6-7,9H2,1-3H3,(H,17,21). The Balaban J connectivity index is 2.17. The Morgan fingerprint density at radius 1 is 1.40 bits per heavy atom. The summed E-state index contributed by atoms with van der Waals surface area (Å²) in [7, 11) is -0.909. The molecule has 138 valence electrons. The molecule has 25 heavy (non-hydrogen) atoms. The number of piperazine rings is 1. The Bertz CT molecular complexity index is 782. The monoisotopic (exact) mass is 388 g/mol. The molecule has 0 saturated carbocycles. The van der Waals surface area contributed by atoms with Crippen LogP contribution in [0, 0.1) is 0 Å². The van der Waals surface area contributed by atoms with E-state index >= 15 is 0 Å². The van der Waals surface area contributed by atoms with E-state index in [0.29, 0.717) is 23.8 Å². The zero-order valence-electron chi connectivity index (χ0n) is 14.2. The van der Waals surface area contributed by atoms with Gasteiger partial charge in [-0.2, -0.15) is 0 Å². The van der Waals surface area contributed by atoms with E-state index in [2.05, 4.69) is 10.0 Å². The molecule has 1 atom stereocenters. The first-order chi connectivity index (χ1) is 11.6. The van der Waals surface area contributed by atoms with Gasteiger partial charge >= 0.3 is 0 Å². The summed E-state index contributed by atoms with van der Waals surface area (Å²) >= 11 is 6.25. The fraction of sp³-hybridized carbons (Fsp3) is 0.467. The van der Waals surface area contributed by atoms with Crippen molar-refractivity contribution in [3.05, 3.63) is 23.2 Å². The minimum Gasteiger partial charge on any atom is -0.359 e. The quantitative estimate of drug-likeness (QED) is 0.765. The molecule has 0 radical (unpaired) electrons. The predicted molar refractivity (Wildman–Crippen MR) is 97.4 cm³/mol. The van der Waals surface area contributed by atoms with Gasteiger partial charge < -0.3 is 15.1 Å². The van der Waals surface area contributed by atoms with Crippen LogP contribution in [-0.2, 0) is 19.6 Å². The van der Waals surface area contributed by atoms with Gasteiger partial charge in [0.05, 0.1) is 22.9 Å². The van der Waals surface area contributed by atoms with E-state index in [1.165, 1.54) is 32.0 Å². The molecule has 1 unspecified atom stereocenters. The molecule has 1 aromatic carbocycles. The van der Waals surface area contributed by atoms with Crippen LogP contribution >= 0.6 is 11.6 Å². The highest BCUT2D eigenvalue weighted by Crippen LogP contribution is 2.30. The lowest BCUT2D eigenvalue weighted by Gasteiger charge is -2.29. The summed E-state index contributed by atoms with van der Waals surface area (Å²) in [5.74, 6) is -0.613. The third kappa shape index (κ3) is 4.55. The van der Waals surface area contributed by atoms with Crippen molar-refractivity contribution in [3.63, 3.8) is 0 Å². The van der Waals surface area contributed by atoms with Crippen LogP contribution in [0.3, 0.4) is 0 Å². The highest BCUT2D eigenvalue weighted by molar-refractivity contribution is 7.94. The molecule has 2 amide bonds. The number of rotatable bonds is 5. The SMILES string of the molecule is CC(C(=O)N(C)C)S(=O)(=O)Nc1ccc(N2CCNC(=O)C2)c(Cl)c1. The van der Waals surface area contributed by atoms with Crippen molar-refractivity contribution >= 4 is 44.8 Å². The lowest BCUT2D eigenvalue weighted by atomic mass is 10.2. The second-order valence-corrected chi connectivity index (χ2v) is 8.37. The maximum atomic E-state index is 12.3. The Labute approximate surface area is 152 Å². The van der Waals surface area contributed by atoms with Gasteiger partial charge in [-0.05, 0) is 25.1 Å². The highest BCUT2D eigenvalue weighted by Gasteiger charge is 2.29. The number of amides is 2. The molecule has 0 spiro atoms. The number of sulfonamides is 1. The van der Waals surface area contributed by atoms with E-state index in [1.54, 1.807) is 12.1 Å². The maximum Gasteiger partial charge on any atom is 0.244 e. The van der Waals surface area contributed by atoms with Gasteiger partial charge in [-0.3, -0.25) is 14.3 Å². The summed E-state index contributed by atoms with van der Waals surface area (Å²) in [6.45, 7) is 2.66. The number of hydrogen-bond acceptors (Lipinski definition) is 5. The summed E-state index contributed by atoms with van der Waals surface area (Å²) in [5, 5.41) is 1.82. The van der Waals surface area contributed by atoms with Crippen LogP contribution in [0.25, 0.3) is 0 Å². The molecule has 2 rings (SSSR count). The van der Waals surface area contributed by atoms with Crippen LogP contribution in [0.4, 0.5) is 11.4 Å². The third-order valence-corrected chi connectivity index (χ3v) is 5.80. The number of nitrogens with one attached hydrogen (secondary N) is 2. The predicted octanol–water partition coefficient (Wildman–Crippen LogP) is 0.495. The van der Waals surface area contributed by atoms with Crippen molar-refractivity contribution < 1.29 is 18.0 Å². The van der Waals surface area contributed by atoms with Gasteiger partial charge in [0.25, 0.3) is 0 Å². The van der Waals surface area contributed by atoms with Crippen molar-refractivity contribution in [3.8, 4) is 0 Å². The van der Waals surface area contributed by atoms with Crippen LogP contribution in [-0.4, -0.2) is 64.1 Å². The minimum absolute atomic E-state index is 0.0943. The second kappa shape index (κ2) is 7.49. The van der Waals surface area contributed by atoms with E-state index in [0.717, 1.165) is 0 Å². The van der Waals surface area contributed by atoms with Crippen molar-refractivity contribution in [1.29, 1.82) is 0 Å². The lowest BCUT2D eigenvalue weighted by Crippen LogP contribution is -2.47. The van der Waals surface area contributed by atoms with Crippen LogP contribution < -0.4 is 14.9 Å². The van der Waals surface area contributed by atoms with Gasteiger partial charge in [0.1, 0.15) is 0 Å². The third-order valence-electron chi connectivity index (χ3n) is 3.84. The first kappa shape index (κ1) is 19.3.